The summed E-state index contributed by atoms with van der Waals surface area (Å²) in [6.07, 6.45) is 4.40. The summed E-state index contributed by atoms with van der Waals surface area (Å²) in [5.74, 6) is -2.17. The standard InChI is InChI=1S/C24H29N5O6/c1-15(24(33)34)25-22(31)18-13-21(29(27-18)17-9-3-2-4-10-17)35-14-20(30)28-12-6-11-19(28)23(32)26-16-7-5-8-16/h2-4,9-10,13,15-16,19H,5-8,11-12,14H2,1H3,(H,25,31)(H,26,32)(H,33,34). The molecule has 2 heterocycles. The lowest BCUT2D eigenvalue weighted by Gasteiger charge is -2.30. The number of aromatic nitrogens is 2. The summed E-state index contributed by atoms with van der Waals surface area (Å²) in [5, 5.41) is 18.7. The molecular formula is C24H29N5O6. The molecule has 2 fully saturated rings. The molecule has 1 saturated heterocycles. The van der Waals surface area contributed by atoms with E-state index in [9.17, 15) is 19.2 Å². The average molecular weight is 484 g/mol. The zero-order valence-corrected chi connectivity index (χ0v) is 19.5. The van der Waals surface area contributed by atoms with Crippen molar-refractivity contribution >= 4 is 23.7 Å². The second-order valence-corrected chi connectivity index (χ2v) is 8.82. The molecule has 2 aromatic rings. The Hall–Kier alpha value is -3.89. The summed E-state index contributed by atoms with van der Waals surface area (Å²) in [4.78, 5) is 50.7. The van der Waals surface area contributed by atoms with Crippen LogP contribution in [0.5, 0.6) is 5.88 Å². The summed E-state index contributed by atoms with van der Waals surface area (Å²) in [6, 6.07) is 8.84. The van der Waals surface area contributed by atoms with Crippen LogP contribution >= 0.6 is 0 Å². The van der Waals surface area contributed by atoms with Gasteiger partial charge in [0.05, 0.1) is 5.69 Å². The third kappa shape index (κ3) is 5.61. The van der Waals surface area contributed by atoms with Crippen LogP contribution in [0.3, 0.4) is 0 Å². The minimum Gasteiger partial charge on any atom is -0.480 e. The molecule has 0 bridgehead atoms. The van der Waals surface area contributed by atoms with Gasteiger partial charge in [-0.2, -0.15) is 5.10 Å². The van der Waals surface area contributed by atoms with Gasteiger partial charge in [0.2, 0.25) is 11.8 Å². The van der Waals surface area contributed by atoms with Crippen LogP contribution < -0.4 is 15.4 Å². The van der Waals surface area contributed by atoms with E-state index in [-0.39, 0.29) is 36.0 Å². The van der Waals surface area contributed by atoms with Crippen LogP contribution in [0, 0.1) is 0 Å². The maximum absolute atomic E-state index is 13.0. The van der Waals surface area contributed by atoms with Gasteiger partial charge in [0, 0.05) is 18.7 Å². The van der Waals surface area contributed by atoms with E-state index in [4.69, 9.17) is 9.84 Å². The lowest BCUT2D eigenvalue weighted by atomic mass is 9.93. The molecule has 11 heteroatoms. The lowest BCUT2D eigenvalue weighted by Crippen LogP contribution is -2.51. The molecule has 186 valence electrons. The summed E-state index contributed by atoms with van der Waals surface area (Å²) in [6.45, 7) is 1.49. The second kappa shape index (κ2) is 10.6. The Morgan fingerprint density at radius 1 is 1.14 bits per heavy atom. The highest BCUT2D eigenvalue weighted by Gasteiger charge is 2.36. The van der Waals surface area contributed by atoms with Crippen LogP contribution in [0.1, 0.15) is 49.5 Å². The van der Waals surface area contributed by atoms with Crippen LogP contribution in [-0.2, 0) is 14.4 Å². The van der Waals surface area contributed by atoms with Crippen molar-refractivity contribution in [3.05, 3.63) is 42.1 Å². The Morgan fingerprint density at radius 2 is 1.89 bits per heavy atom. The number of para-hydroxylation sites is 1. The Bertz CT molecular complexity index is 1100. The summed E-state index contributed by atoms with van der Waals surface area (Å²) < 4.78 is 7.15. The number of carboxylic acid groups (broad SMARTS) is 1. The molecule has 1 aromatic heterocycles. The van der Waals surface area contributed by atoms with Crippen molar-refractivity contribution in [1.82, 2.24) is 25.3 Å². The number of rotatable bonds is 9. The van der Waals surface area contributed by atoms with Crippen molar-refractivity contribution in [2.75, 3.05) is 13.2 Å². The van der Waals surface area contributed by atoms with E-state index in [2.05, 4.69) is 15.7 Å². The number of aliphatic carboxylic acids is 1. The number of hydrogen-bond acceptors (Lipinski definition) is 6. The van der Waals surface area contributed by atoms with E-state index in [1.165, 1.54) is 17.7 Å². The highest BCUT2D eigenvalue weighted by Crippen LogP contribution is 2.23. The fourth-order valence-electron chi connectivity index (χ4n) is 4.07. The van der Waals surface area contributed by atoms with E-state index in [1.54, 1.807) is 29.2 Å². The predicted molar refractivity (Wildman–Crippen MR) is 124 cm³/mol. The zero-order chi connectivity index (χ0) is 24.9. The van der Waals surface area contributed by atoms with Crippen LogP contribution in [0.2, 0.25) is 0 Å². The van der Waals surface area contributed by atoms with E-state index in [0.717, 1.165) is 25.7 Å². The van der Waals surface area contributed by atoms with Gasteiger partial charge < -0.3 is 25.4 Å². The second-order valence-electron chi connectivity index (χ2n) is 8.82. The lowest BCUT2D eigenvalue weighted by molar-refractivity contribution is -0.140. The van der Waals surface area contributed by atoms with Crippen LogP contribution in [0.15, 0.2) is 36.4 Å². The number of carbonyl (C=O) groups is 4. The summed E-state index contributed by atoms with van der Waals surface area (Å²) >= 11 is 0. The molecule has 3 amide bonds. The molecule has 35 heavy (non-hydrogen) atoms. The molecule has 2 unspecified atom stereocenters. The molecule has 0 spiro atoms. The van der Waals surface area contributed by atoms with Crippen molar-refractivity contribution in [3.63, 3.8) is 0 Å². The number of likely N-dealkylation sites (tertiary alicyclic amines) is 1. The average Bonchev–Trinajstić information content (AvgIpc) is 3.48. The number of amides is 3. The number of benzene rings is 1. The smallest absolute Gasteiger partial charge is 0.325 e. The number of hydrogen-bond donors (Lipinski definition) is 3. The molecule has 4 rings (SSSR count). The van der Waals surface area contributed by atoms with Gasteiger partial charge in [-0.05, 0) is 51.2 Å². The Labute approximate surface area is 202 Å². The number of nitrogens with one attached hydrogen (secondary N) is 2. The van der Waals surface area contributed by atoms with Gasteiger partial charge in [-0.15, -0.1) is 0 Å². The van der Waals surface area contributed by atoms with Gasteiger partial charge in [0.1, 0.15) is 12.1 Å². The Kier molecular flexibility index (Phi) is 7.33. The van der Waals surface area contributed by atoms with Crippen molar-refractivity contribution in [2.24, 2.45) is 0 Å². The van der Waals surface area contributed by atoms with Crippen molar-refractivity contribution < 1.29 is 29.0 Å². The van der Waals surface area contributed by atoms with Crippen molar-refractivity contribution in [2.45, 2.75) is 57.2 Å². The number of ether oxygens (including phenoxy) is 1. The van der Waals surface area contributed by atoms with E-state index in [1.807, 2.05) is 6.07 Å². The van der Waals surface area contributed by atoms with E-state index in [0.29, 0.717) is 18.7 Å². The third-order valence-corrected chi connectivity index (χ3v) is 6.30. The first-order chi connectivity index (χ1) is 16.8. The third-order valence-electron chi connectivity index (χ3n) is 6.30. The fraction of sp³-hybridized carbons (Fsp3) is 0.458. The normalized spacial score (nSPS) is 18.4. The SMILES string of the molecule is CC(NC(=O)c1cc(OCC(=O)N2CCCC2C(=O)NC2CCC2)n(-c2ccccc2)n1)C(=O)O. The van der Waals surface area contributed by atoms with Crippen LogP contribution in [0.25, 0.3) is 5.69 Å². The highest BCUT2D eigenvalue weighted by atomic mass is 16.5. The summed E-state index contributed by atoms with van der Waals surface area (Å²) in [7, 11) is 0. The topological polar surface area (TPSA) is 143 Å². The van der Waals surface area contributed by atoms with Crippen LogP contribution in [-0.4, -0.2) is 74.8 Å². The molecule has 1 saturated carbocycles. The molecule has 1 aliphatic carbocycles. The number of carboxylic acids is 1. The first kappa shape index (κ1) is 24.2. The molecule has 1 aliphatic heterocycles. The van der Waals surface area contributed by atoms with Gasteiger partial charge in [-0.1, -0.05) is 18.2 Å². The quantitative estimate of drug-likeness (QED) is 0.485. The summed E-state index contributed by atoms with van der Waals surface area (Å²) in [5.41, 5.74) is 0.544. The van der Waals surface area contributed by atoms with Crippen molar-refractivity contribution in [3.8, 4) is 11.6 Å². The number of carbonyl (C=O) groups excluding carboxylic acids is 3. The molecule has 1 aromatic carbocycles. The highest BCUT2D eigenvalue weighted by molar-refractivity contribution is 5.95. The predicted octanol–water partition coefficient (Wildman–Crippen LogP) is 1.11. The number of nitrogens with zero attached hydrogens (tertiary/aromatic N) is 3. The maximum Gasteiger partial charge on any atom is 0.325 e. The van der Waals surface area contributed by atoms with Gasteiger partial charge in [-0.3, -0.25) is 19.2 Å². The van der Waals surface area contributed by atoms with E-state index >= 15 is 0 Å². The molecular weight excluding hydrogens is 454 g/mol. The van der Waals surface area contributed by atoms with Gasteiger partial charge in [0.25, 0.3) is 11.8 Å². The molecule has 2 atom stereocenters. The van der Waals surface area contributed by atoms with Gasteiger partial charge in [-0.25, -0.2) is 4.68 Å². The molecule has 3 N–H and O–H groups in total. The fourth-order valence-corrected chi connectivity index (χ4v) is 4.07. The molecule has 0 radical (unpaired) electrons. The zero-order valence-electron chi connectivity index (χ0n) is 19.5. The van der Waals surface area contributed by atoms with Crippen LogP contribution in [0.4, 0.5) is 0 Å². The van der Waals surface area contributed by atoms with E-state index < -0.39 is 24.0 Å². The minimum atomic E-state index is -1.18. The largest absolute Gasteiger partial charge is 0.480 e. The van der Waals surface area contributed by atoms with Gasteiger partial charge >= 0.3 is 5.97 Å². The first-order valence-electron chi connectivity index (χ1n) is 11.8. The van der Waals surface area contributed by atoms with Gasteiger partial charge in [0.15, 0.2) is 12.3 Å². The Morgan fingerprint density at radius 3 is 2.54 bits per heavy atom. The Balaban J connectivity index is 1.46. The van der Waals surface area contributed by atoms with Crippen molar-refractivity contribution in [1.29, 1.82) is 0 Å². The molecule has 2 aliphatic rings. The minimum absolute atomic E-state index is 0.0525. The maximum atomic E-state index is 13.0. The first-order valence-corrected chi connectivity index (χ1v) is 11.8. The molecule has 11 nitrogen and oxygen atoms in total. The monoisotopic (exact) mass is 483 g/mol.